The summed E-state index contributed by atoms with van der Waals surface area (Å²) in [6.07, 6.45) is 0. The molecule has 1 aromatic heterocycles. The molecule has 0 bridgehead atoms. The Morgan fingerprint density at radius 2 is 1.96 bits per heavy atom. The second kappa shape index (κ2) is 8.10. The van der Waals surface area contributed by atoms with Gasteiger partial charge < -0.3 is 9.84 Å². The maximum absolute atomic E-state index is 13.1. The summed E-state index contributed by atoms with van der Waals surface area (Å²) in [6, 6.07) is 13.9. The van der Waals surface area contributed by atoms with Crippen LogP contribution in [0, 0.1) is 5.82 Å². The van der Waals surface area contributed by atoms with Gasteiger partial charge in [0.2, 0.25) is 0 Å². The fourth-order valence-electron chi connectivity index (χ4n) is 2.23. The molecular weight excluding hydrogens is 385 g/mol. The standard InChI is InChI=1S/C20H18FNO3S2/c1-20(2,18(23)24)27-19-22-16(12-26-19)11-25-17-5-3-4-14(10-17)13-6-8-15(21)9-7-13/h3-10,12H,11H2,1-2H3,(H,23,24). The van der Waals surface area contributed by atoms with E-state index in [2.05, 4.69) is 4.98 Å². The predicted molar refractivity (Wildman–Crippen MR) is 106 cm³/mol. The quantitative estimate of drug-likeness (QED) is 0.529. The van der Waals surface area contributed by atoms with E-state index in [1.807, 2.05) is 29.6 Å². The lowest BCUT2D eigenvalue weighted by Gasteiger charge is -2.15. The number of aromatic nitrogens is 1. The second-order valence-electron chi connectivity index (χ2n) is 6.35. The Morgan fingerprint density at radius 3 is 2.67 bits per heavy atom. The van der Waals surface area contributed by atoms with E-state index in [0.717, 1.165) is 16.8 Å². The Bertz CT molecular complexity index is 938. The Hall–Kier alpha value is -2.38. The first-order valence-corrected chi connectivity index (χ1v) is 9.89. The van der Waals surface area contributed by atoms with E-state index in [9.17, 15) is 14.3 Å². The number of ether oxygens (including phenoxy) is 1. The lowest BCUT2D eigenvalue weighted by atomic mass is 10.1. The van der Waals surface area contributed by atoms with Gasteiger partial charge in [-0.25, -0.2) is 9.37 Å². The van der Waals surface area contributed by atoms with Crippen LogP contribution in [0.25, 0.3) is 11.1 Å². The third kappa shape index (κ3) is 5.08. The van der Waals surface area contributed by atoms with E-state index in [0.29, 0.717) is 10.1 Å². The van der Waals surface area contributed by atoms with Crippen LogP contribution in [-0.2, 0) is 11.4 Å². The monoisotopic (exact) mass is 403 g/mol. The molecule has 0 spiro atoms. The molecule has 0 radical (unpaired) electrons. The number of aliphatic carboxylic acids is 1. The lowest BCUT2D eigenvalue weighted by Crippen LogP contribution is -2.26. The normalized spacial score (nSPS) is 11.4. The molecule has 2 aromatic carbocycles. The molecule has 0 saturated heterocycles. The molecule has 7 heteroatoms. The van der Waals surface area contributed by atoms with E-state index < -0.39 is 10.7 Å². The van der Waals surface area contributed by atoms with Crippen molar-refractivity contribution in [1.29, 1.82) is 0 Å². The van der Waals surface area contributed by atoms with Crippen molar-refractivity contribution in [2.75, 3.05) is 0 Å². The van der Waals surface area contributed by atoms with Gasteiger partial charge in [-0.05, 0) is 49.2 Å². The van der Waals surface area contributed by atoms with Crippen LogP contribution in [0.2, 0.25) is 0 Å². The zero-order chi connectivity index (χ0) is 19.4. The van der Waals surface area contributed by atoms with E-state index >= 15 is 0 Å². The van der Waals surface area contributed by atoms with Gasteiger partial charge in [-0.2, -0.15) is 0 Å². The van der Waals surface area contributed by atoms with Crippen LogP contribution in [0.5, 0.6) is 5.75 Å². The molecule has 1 N–H and O–H groups in total. The van der Waals surface area contributed by atoms with E-state index in [4.69, 9.17) is 4.74 Å². The topological polar surface area (TPSA) is 59.4 Å². The minimum Gasteiger partial charge on any atom is -0.487 e. The molecule has 0 aliphatic rings. The van der Waals surface area contributed by atoms with Crippen LogP contribution in [0.4, 0.5) is 4.39 Å². The van der Waals surface area contributed by atoms with Crippen molar-refractivity contribution in [3.05, 3.63) is 65.4 Å². The average Bonchev–Trinajstić information content (AvgIpc) is 3.07. The largest absolute Gasteiger partial charge is 0.487 e. The van der Waals surface area contributed by atoms with E-state index in [-0.39, 0.29) is 12.4 Å². The molecule has 27 heavy (non-hydrogen) atoms. The van der Waals surface area contributed by atoms with Crippen molar-refractivity contribution < 1.29 is 19.0 Å². The number of hydrogen-bond donors (Lipinski definition) is 1. The molecule has 3 aromatic rings. The zero-order valence-electron chi connectivity index (χ0n) is 14.8. The second-order valence-corrected chi connectivity index (χ2v) is 9.07. The smallest absolute Gasteiger partial charge is 0.319 e. The minimum atomic E-state index is -0.931. The Balaban J connectivity index is 1.65. The molecular formula is C20H18FNO3S2. The number of rotatable bonds is 7. The first kappa shape index (κ1) is 19.4. The van der Waals surface area contributed by atoms with Gasteiger partial charge in [0.1, 0.15) is 22.9 Å². The number of hydrogen-bond acceptors (Lipinski definition) is 5. The average molecular weight is 404 g/mol. The number of carbonyl (C=O) groups is 1. The Kier molecular flexibility index (Phi) is 5.82. The van der Waals surface area contributed by atoms with Crippen LogP contribution >= 0.6 is 23.1 Å². The molecule has 0 aliphatic carbocycles. The summed E-state index contributed by atoms with van der Waals surface area (Å²) in [5.74, 6) is -0.461. The van der Waals surface area contributed by atoms with Gasteiger partial charge in [0.15, 0.2) is 4.34 Å². The van der Waals surface area contributed by atoms with Crippen molar-refractivity contribution in [2.45, 2.75) is 29.5 Å². The summed E-state index contributed by atoms with van der Waals surface area (Å²) in [7, 11) is 0. The van der Waals surface area contributed by atoms with Crippen LogP contribution in [0.3, 0.4) is 0 Å². The molecule has 4 nitrogen and oxygen atoms in total. The van der Waals surface area contributed by atoms with Gasteiger partial charge in [-0.15, -0.1) is 11.3 Å². The number of halogens is 1. The number of thioether (sulfide) groups is 1. The van der Waals surface area contributed by atoms with Crippen molar-refractivity contribution in [3.8, 4) is 16.9 Å². The van der Waals surface area contributed by atoms with Crippen molar-refractivity contribution in [3.63, 3.8) is 0 Å². The molecule has 0 amide bonds. The van der Waals surface area contributed by atoms with Gasteiger partial charge >= 0.3 is 5.97 Å². The number of nitrogens with zero attached hydrogens (tertiary/aromatic N) is 1. The summed E-state index contributed by atoms with van der Waals surface area (Å²) in [6.45, 7) is 3.59. The first-order valence-electron chi connectivity index (χ1n) is 8.19. The highest BCUT2D eigenvalue weighted by molar-refractivity contribution is 8.02. The number of thiazole rings is 1. The van der Waals surface area contributed by atoms with E-state index in [1.165, 1.54) is 35.2 Å². The number of carboxylic acid groups (broad SMARTS) is 1. The minimum absolute atomic E-state index is 0.269. The Labute approximate surface area is 165 Å². The molecule has 0 unspecified atom stereocenters. The summed E-state index contributed by atoms with van der Waals surface area (Å²) < 4.78 is 18.7. The molecule has 0 saturated carbocycles. The maximum Gasteiger partial charge on any atom is 0.319 e. The third-order valence-electron chi connectivity index (χ3n) is 3.79. The summed E-state index contributed by atoms with van der Waals surface area (Å²) in [4.78, 5) is 15.7. The van der Waals surface area contributed by atoms with Crippen LogP contribution < -0.4 is 4.74 Å². The summed E-state index contributed by atoms with van der Waals surface area (Å²) in [5, 5.41) is 11.1. The third-order valence-corrected chi connectivity index (χ3v) is 5.96. The number of carboxylic acids is 1. The summed E-state index contributed by atoms with van der Waals surface area (Å²) in [5.41, 5.74) is 2.59. The van der Waals surface area contributed by atoms with Crippen LogP contribution in [-0.4, -0.2) is 20.8 Å². The van der Waals surface area contributed by atoms with Crippen molar-refractivity contribution >= 4 is 29.1 Å². The molecule has 1 heterocycles. The molecule has 3 rings (SSSR count). The van der Waals surface area contributed by atoms with Crippen LogP contribution in [0.1, 0.15) is 19.5 Å². The Morgan fingerprint density at radius 1 is 1.22 bits per heavy atom. The van der Waals surface area contributed by atoms with Gasteiger partial charge in [0.25, 0.3) is 0 Å². The summed E-state index contributed by atoms with van der Waals surface area (Å²) >= 11 is 2.62. The van der Waals surface area contributed by atoms with Crippen molar-refractivity contribution in [1.82, 2.24) is 4.98 Å². The van der Waals surface area contributed by atoms with Crippen molar-refractivity contribution in [2.24, 2.45) is 0 Å². The highest BCUT2D eigenvalue weighted by Gasteiger charge is 2.29. The highest BCUT2D eigenvalue weighted by atomic mass is 32.2. The molecule has 140 valence electrons. The van der Waals surface area contributed by atoms with Gasteiger partial charge in [0, 0.05) is 5.38 Å². The van der Waals surface area contributed by atoms with Gasteiger partial charge in [-0.1, -0.05) is 36.0 Å². The molecule has 0 fully saturated rings. The first-order chi connectivity index (χ1) is 12.8. The maximum atomic E-state index is 13.1. The SMILES string of the molecule is CC(C)(Sc1nc(COc2cccc(-c3ccc(F)cc3)c2)cs1)C(=O)O. The highest BCUT2D eigenvalue weighted by Crippen LogP contribution is 2.35. The fraction of sp³-hybridized carbons (Fsp3) is 0.200. The predicted octanol–water partition coefficient (Wildman–Crippen LogP) is 5.48. The lowest BCUT2D eigenvalue weighted by molar-refractivity contribution is -0.138. The van der Waals surface area contributed by atoms with Crippen LogP contribution in [0.15, 0.2) is 58.3 Å². The molecule has 0 aliphatic heterocycles. The molecule has 0 atom stereocenters. The van der Waals surface area contributed by atoms with E-state index in [1.54, 1.807) is 26.0 Å². The fourth-order valence-corrected chi connectivity index (χ4v) is 4.40. The zero-order valence-corrected chi connectivity index (χ0v) is 16.4. The van der Waals surface area contributed by atoms with Gasteiger partial charge in [0.05, 0.1) is 5.69 Å². The number of benzene rings is 2. The van der Waals surface area contributed by atoms with Gasteiger partial charge in [-0.3, -0.25) is 4.79 Å².